The van der Waals surface area contributed by atoms with Gasteiger partial charge in [0.1, 0.15) is 0 Å². The van der Waals surface area contributed by atoms with Crippen LogP contribution in [0.4, 0.5) is 0 Å². The molecule has 1 unspecified atom stereocenters. The molecule has 15 heavy (non-hydrogen) atoms. The Hall–Kier alpha value is -0.0800. The summed E-state index contributed by atoms with van der Waals surface area (Å²) in [5.74, 6) is 0.799. The van der Waals surface area contributed by atoms with Gasteiger partial charge in [-0.2, -0.15) is 0 Å². The molecule has 1 rings (SSSR count). The summed E-state index contributed by atoms with van der Waals surface area (Å²) >= 11 is 0. The van der Waals surface area contributed by atoms with Crippen LogP contribution in [0.15, 0.2) is 0 Å². The van der Waals surface area contributed by atoms with E-state index in [1.165, 1.54) is 51.6 Å². The molecule has 0 bridgehead atoms. The fourth-order valence-corrected chi connectivity index (χ4v) is 2.90. The third kappa shape index (κ3) is 3.76. The van der Waals surface area contributed by atoms with E-state index in [1.807, 2.05) is 0 Å². The molecule has 0 amide bonds. The maximum Gasteiger partial charge on any atom is 0.0246 e. The fraction of sp³-hybridized carbons (Fsp3) is 1.00. The summed E-state index contributed by atoms with van der Waals surface area (Å²) in [6.45, 7) is 7.99. The summed E-state index contributed by atoms with van der Waals surface area (Å²) in [7, 11) is 0. The number of hydrogen-bond donors (Lipinski definition) is 1. The molecule has 0 spiro atoms. The summed E-state index contributed by atoms with van der Waals surface area (Å²) in [6.07, 6.45) is 8.12. The van der Waals surface area contributed by atoms with Gasteiger partial charge in [-0.05, 0) is 31.8 Å². The predicted octanol–water partition coefficient (Wildman–Crippen LogP) is 2.63. The van der Waals surface area contributed by atoms with Gasteiger partial charge >= 0.3 is 0 Å². The molecule has 90 valence electrons. The Bertz CT molecular complexity index is 147. The monoisotopic (exact) mass is 212 g/mol. The first-order valence-corrected chi connectivity index (χ1v) is 6.77. The molecule has 1 aliphatic rings. The number of likely N-dealkylation sites (tertiary alicyclic amines) is 1. The van der Waals surface area contributed by atoms with Crippen molar-refractivity contribution in [2.75, 3.05) is 19.6 Å². The minimum Gasteiger partial charge on any atom is -0.329 e. The zero-order valence-electron chi connectivity index (χ0n) is 10.5. The zero-order chi connectivity index (χ0) is 11.1. The topological polar surface area (TPSA) is 29.3 Å². The van der Waals surface area contributed by atoms with Crippen molar-refractivity contribution in [3.05, 3.63) is 0 Å². The Morgan fingerprint density at radius 3 is 1.93 bits per heavy atom. The average Bonchev–Trinajstić information content (AvgIpc) is 2.54. The molecule has 2 nitrogen and oxygen atoms in total. The van der Waals surface area contributed by atoms with Gasteiger partial charge in [0.25, 0.3) is 0 Å². The highest BCUT2D eigenvalue weighted by atomic mass is 15.2. The molecule has 1 saturated heterocycles. The van der Waals surface area contributed by atoms with Crippen LogP contribution in [-0.2, 0) is 0 Å². The van der Waals surface area contributed by atoms with Gasteiger partial charge in [-0.3, -0.25) is 4.90 Å². The molecule has 0 aliphatic carbocycles. The SMILES string of the molecule is CCC(CC)C(CN)N1CCCCCC1. The van der Waals surface area contributed by atoms with E-state index in [0.717, 1.165) is 12.5 Å². The van der Waals surface area contributed by atoms with Crippen LogP contribution in [0.25, 0.3) is 0 Å². The standard InChI is InChI=1S/C13H28N2/c1-3-12(4-2)13(11-14)15-9-7-5-6-8-10-15/h12-13H,3-11,14H2,1-2H3. The van der Waals surface area contributed by atoms with Gasteiger partial charge in [0.15, 0.2) is 0 Å². The van der Waals surface area contributed by atoms with Crippen LogP contribution in [0.3, 0.4) is 0 Å². The van der Waals surface area contributed by atoms with Gasteiger partial charge in [-0.15, -0.1) is 0 Å². The van der Waals surface area contributed by atoms with Crippen LogP contribution >= 0.6 is 0 Å². The molecule has 0 aromatic heterocycles. The van der Waals surface area contributed by atoms with E-state index < -0.39 is 0 Å². The normalized spacial score (nSPS) is 21.6. The highest BCUT2D eigenvalue weighted by Crippen LogP contribution is 2.21. The first kappa shape index (κ1) is 13.0. The summed E-state index contributed by atoms with van der Waals surface area (Å²) in [6, 6.07) is 0.637. The number of nitrogens with two attached hydrogens (primary N) is 1. The van der Waals surface area contributed by atoms with Crippen molar-refractivity contribution < 1.29 is 0 Å². The van der Waals surface area contributed by atoms with E-state index in [2.05, 4.69) is 18.7 Å². The second-order valence-electron chi connectivity index (χ2n) is 4.83. The van der Waals surface area contributed by atoms with Crippen LogP contribution in [0.5, 0.6) is 0 Å². The second-order valence-corrected chi connectivity index (χ2v) is 4.83. The molecule has 0 saturated carbocycles. The van der Waals surface area contributed by atoms with Gasteiger partial charge < -0.3 is 5.73 Å². The Labute approximate surface area is 95.2 Å². The van der Waals surface area contributed by atoms with Crippen LogP contribution in [0.1, 0.15) is 52.4 Å². The van der Waals surface area contributed by atoms with E-state index >= 15 is 0 Å². The van der Waals surface area contributed by atoms with Gasteiger partial charge in [-0.1, -0.05) is 39.5 Å². The van der Waals surface area contributed by atoms with Gasteiger partial charge in [0.2, 0.25) is 0 Å². The van der Waals surface area contributed by atoms with Crippen molar-refractivity contribution >= 4 is 0 Å². The molecule has 2 heteroatoms. The van der Waals surface area contributed by atoms with Crippen molar-refractivity contribution in [1.29, 1.82) is 0 Å². The molecule has 1 aliphatic heterocycles. The van der Waals surface area contributed by atoms with Gasteiger partial charge in [0.05, 0.1) is 0 Å². The van der Waals surface area contributed by atoms with E-state index in [-0.39, 0.29) is 0 Å². The fourth-order valence-electron chi connectivity index (χ4n) is 2.90. The third-order valence-electron chi connectivity index (χ3n) is 3.94. The minimum atomic E-state index is 0.637. The molecule has 0 aromatic rings. The van der Waals surface area contributed by atoms with Crippen molar-refractivity contribution in [3.63, 3.8) is 0 Å². The maximum atomic E-state index is 5.97. The number of rotatable bonds is 5. The number of hydrogen-bond acceptors (Lipinski definition) is 2. The molecule has 1 fully saturated rings. The summed E-state index contributed by atoms with van der Waals surface area (Å²) < 4.78 is 0. The van der Waals surface area contributed by atoms with Gasteiger partial charge in [-0.25, -0.2) is 0 Å². The van der Waals surface area contributed by atoms with E-state index in [0.29, 0.717) is 6.04 Å². The molecule has 1 heterocycles. The molecular weight excluding hydrogens is 184 g/mol. The maximum absolute atomic E-state index is 5.97. The highest BCUT2D eigenvalue weighted by molar-refractivity contribution is 4.80. The summed E-state index contributed by atoms with van der Waals surface area (Å²) in [5, 5.41) is 0. The van der Waals surface area contributed by atoms with Crippen LogP contribution in [-0.4, -0.2) is 30.6 Å². The lowest BCUT2D eigenvalue weighted by molar-refractivity contribution is 0.144. The molecule has 2 N–H and O–H groups in total. The Morgan fingerprint density at radius 2 is 1.53 bits per heavy atom. The zero-order valence-corrected chi connectivity index (χ0v) is 10.5. The van der Waals surface area contributed by atoms with Crippen LogP contribution in [0, 0.1) is 5.92 Å². The largest absolute Gasteiger partial charge is 0.329 e. The lowest BCUT2D eigenvalue weighted by atomic mass is 9.92. The number of nitrogens with zero attached hydrogens (tertiary/aromatic N) is 1. The van der Waals surface area contributed by atoms with E-state index in [9.17, 15) is 0 Å². The first-order valence-electron chi connectivity index (χ1n) is 6.77. The lowest BCUT2D eigenvalue weighted by Crippen LogP contribution is -2.45. The van der Waals surface area contributed by atoms with Gasteiger partial charge in [0, 0.05) is 12.6 Å². The Morgan fingerprint density at radius 1 is 1.00 bits per heavy atom. The second kappa shape index (κ2) is 7.24. The van der Waals surface area contributed by atoms with E-state index in [1.54, 1.807) is 0 Å². The third-order valence-corrected chi connectivity index (χ3v) is 3.94. The Balaban J connectivity index is 2.53. The molecular formula is C13H28N2. The molecule has 0 aromatic carbocycles. The minimum absolute atomic E-state index is 0.637. The smallest absolute Gasteiger partial charge is 0.0246 e. The molecule has 1 atom stereocenters. The van der Waals surface area contributed by atoms with E-state index in [4.69, 9.17) is 5.73 Å². The van der Waals surface area contributed by atoms with Crippen molar-refractivity contribution in [1.82, 2.24) is 4.90 Å². The predicted molar refractivity (Wildman–Crippen MR) is 67.0 cm³/mol. The van der Waals surface area contributed by atoms with Crippen LogP contribution < -0.4 is 5.73 Å². The van der Waals surface area contributed by atoms with Crippen LogP contribution in [0.2, 0.25) is 0 Å². The summed E-state index contributed by atoms with van der Waals surface area (Å²) in [4.78, 5) is 2.66. The summed E-state index contributed by atoms with van der Waals surface area (Å²) in [5.41, 5.74) is 5.97. The van der Waals surface area contributed by atoms with Crippen molar-refractivity contribution in [2.24, 2.45) is 11.7 Å². The Kier molecular flexibility index (Phi) is 6.26. The quantitative estimate of drug-likeness (QED) is 0.759. The van der Waals surface area contributed by atoms with Crippen molar-refractivity contribution in [3.8, 4) is 0 Å². The average molecular weight is 212 g/mol. The van der Waals surface area contributed by atoms with Crippen molar-refractivity contribution in [2.45, 2.75) is 58.4 Å². The first-order chi connectivity index (χ1) is 7.33. The molecule has 0 radical (unpaired) electrons. The highest BCUT2D eigenvalue weighted by Gasteiger charge is 2.24. The lowest BCUT2D eigenvalue weighted by Gasteiger charge is -2.35.